The summed E-state index contributed by atoms with van der Waals surface area (Å²) in [6, 6.07) is 2.74. The maximum atomic E-state index is 13.1. The van der Waals surface area contributed by atoms with Crippen molar-refractivity contribution in [3.05, 3.63) is 40.1 Å². The van der Waals surface area contributed by atoms with Gasteiger partial charge in [-0.25, -0.2) is 14.4 Å². The van der Waals surface area contributed by atoms with Crippen LogP contribution in [0.2, 0.25) is 0 Å². The molecule has 0 saturated carbocycles. The number of fused-ring (bicyclic) bond motifs is 3. The molecular weight excluding hydrogens is 365 g/mol. The largest absolute Gasteiger partial charge is 0.337 e. The number of rotatable bonds is 3. The molecule has 142 valence electrons. The predicted octanol–water partition coefficient (Wildman–Crippen LogP) is 1.92. The molecule has 3 aliphatic rings. The molecule has 2 aromatic heterocycles. The molecule has 2 atom stereocenters. The maximum absolute atomic E-state index is 13.1. The number of likely N-dealkylation sites (tertiary alicyclic amines) is 1. The third kappa shape index (κ3) is 3.21. The molecule has 5 rings (SSSR count). The van der Waals surface area contributed by atoms with Gasteiger partial charge in [-0.3, -0.25) is 9.69 Å². The average Bonchev–Trinajstić information content (AvgIpc) is 3.24. The smallest absolute Gasteiger partial charge is 0.237 e. The minimum absolute atomic E-state index is 0.220. The van der Waals surface area contributed by atoms with Gasteiger partial charge in [0.15, 0.2) is 5.82 Å². The van der Waals surface area contributed by atoms with Crippen molar-refractivity contribution in [1.29, 1.82) is 0 Å². The molecule has 0 aromatic carbocycles. The lowest BCUT2D eigenvalue weighted by atomic mass is 10.1. The summed E-state index contributed by atoms with van der Waals surface area (Å²) < 4.78 is 13.1. The van der Waals surface area contributed by atoms with E-state index < -0.39 is 5.82 Å². The lowest BCUT2D eigenvalue weighted by molar-refractivity contribution is -0.133. The molecule has 2 saturated heterocycles. The number of carbonyl (C=O) groups excluding carboxylic acids is 1. The van der Waals surface area contributed by atoms with Crippen LogP contribution in [-0.2, 0) is 17.8 Å². The second kappa shape index (κ2) is 6.83. The number of thiophene rings is 1. The first-order chi connectivity index (χ1) is 13.2. The van der Waals surface area contributed by atoms with Crippen molar-refractivity contribution in [2.45, 2.75) is 37.9 Å². The summed E-state index contributed by atoms with van der Waals surface area (Å²) in [4.78, 5) is 29.1. The third-order valence-electron chi connectivity index (χ3n) is 5.91. The van der Waals surface area contributed by atoms with Crippen LogP contribution in [0.5, 0.6) is 0 Å². The Morgan fingerprint density at radius 2 is 1.96 bits per heavy atom. The first kappa shape index (κ1) is 17.1. The van der Waals surface area contributed by atoms with Gasteiger partial charge in [0, 0.05) is 43.1 Å². The Morgan fingerprint density at radius 3 is 2.70 bits per heavy atom. The summed E-state index contributed by atoms with van der Waals surface area (Å²) in [6.07, 6.45) is 5.56. The van der Waals surface area contributed by atoms with E-state index in [1.54, 1.807) is 11.3 Å². The van der Waals surface area contributed by atoms with E-state index in [-0.39, 0.29) is 5.91 Å². The van der Waals surface area contributed by atoms with Crippen LogP contribution >= 0.6 is 11.3 Å². The van der Waals surface area contributed by atoms with Crippen molar-refractivity contribution in [3.8, 4) is 0 Å². The average molecular weight is 387 g/mol. The number of amides is 1. The molecule has 0 radical (unpaired) electrons. The van der Waals surface area contributed by atoms with Gasteiger partial charge in [0.25, 0.3) is 0 Å². The van der Waals surface area contributed by atoms with Gasteiger partial charge in [0.05, 0.1) is 18.9 Å². The van der Waals surface area contributed by atoms with Crippen molar-refractivity contribution >= 4 is 23.2 Å². The summed E-state index contributed by atoms with van der Waals surface area (Å²) in [5.74, 6) is 0.416. The van der Waals surface area contributed by atoms with E-state index in [1.807, 2.05) is 4.90 Å². The highest BCUT2D eigenvalue weighted by molar-refractivity contribution is 7.10. The highest BCUT2D eigenvalue weighted by Crippen LogP contribution is 2.33. The molecule has 2 bridgehead atoms. The van der Waals surface area contributed by atoms with Crippen molar-refractivity contribution in [1.82, 2.24) is 19.8 Å². The van der Waals surface area contributed by atoms with Gasteiger partial charge in [-0.1, -0.05) is 0 Å². The van der Waals surface area contributed by atoms with E-state index in [4.69, 9.17) is 0 Å². The first-order valence-corrected chi connectivity index (χ1v) is 10.4. The van der Waals surface area contributed by atoms with Gasteiger partial charge in [-0.05, 0) is 36.3 Å². The Hall–Kier alpha value is -2.06. The van der Waals surface area contributed by atoms with Gasteiger partial charge in [0.1, 0.15) is 0 Å². The summed E-state index contributed by atoms with van der Waals surface area (Å²) in [7, 11) is 0. The number of anilines is 1. The molecule has 1 amide bonds. The SMILES string of the molecule is O=C(CN1CC2CCC(C1)N2c1ncc(F)cn1)N1CCc2sccc2C1. The molecule has 2 fully saturated rings. The lowest BCUT2D eigenvalue weighted by Crippen LogP contribution is -2.56. The van der Waals surface area contributed by atoms with E-state index in [0.29, 0.717) is 24.6 Å². The van der Waals surface area contributed by atoms with Crippen LogP contribution in [0, 0.1) is 5.82 Å². The zero-order valence-electron chi connectivity index (χ0n) is 15.1. The molecule has 5 heterocycles. The molecule has 2 aromatic rings. The van der Waals surface area contributed by atoms with E-state index in [9.17, 15) is 9.18 Å². The Balaban J connectivity index is 1.23. The molecule has 6 nitrogen and oxygen atoms in total. The maximum Gasteiger partial charge on any atom is 0.237 e. The number of hydrogen-bond donors (Lipinski definition) is 0. The zero-order chi connectivity index (χ0) is 18.4. The van der Waals surface area contributed by atoms with Gasteiger partial charge >= 0.3 is 0 Å². The Labute approximate surface area is 161 Å². The quantitative estimate of drug-likeness (QED) is 0.805. The second-order valence-corrected chi connectivity index (χ2v) is 8.62. The zero-order valence-corrected chi connectivity index (χ0v) is 15.9. The summed E-state index contributed by atoms with van der Waals surface area (Å²) in [6.45, 7) is 3.71. The number of aromatic nitrogens is 2. The Kier molecular flexibility index (Phi) is 4.32. The van der Waals surface area contributed by atoms with Crippen molar-refractivity contribution in [2.75, 3.05) is 31.1 Å². The van der Waals surface area contributed by atoms with Crippen LogP contribution in [-0.4, -0.2) is 63.9 Å². The minimum atomic E-state index is -0.411. The molecule has 8 heteroatoms. The molecule has 0 spiro atoms. The van der Waals surface area contributed by atoms with Crippen LogP contribution < -0.4 is 4.90 Å². The lowest BCUT2D eigenvalue weighted by Gasteiger charge is -2.41. The molecule has 0 aliphatic carbocycles. The highest BCUT2D eigenvalue weighted by atomic mass is 32.1. The first-order valence-electron chi connectivity index (χ1n) is 9.48. The van der Waals surface area contributed by atoms with E-state index in [0.717, 1.165) is 45.4 Å². The van der Waals surface area contributed by atoms with Gasteiger partial charge in [-0.2, -0.15) is 0 Å². The number of hydrogen-bond acceptors (Lipinski definition) is 6. The minimum Gasteiger partial charge on any atom is -0.337 e. The van der Waals surface area contributed by atoms with Crippen LogP contribution in [0.1, 0.15) is 23.3 Å². The fraction of sp³-hybridized carbons (Fsp3) is 0.526. The van der Waals surface area contributed by atoms with E-state index >= 15 is 0 Å². The summed E-state index contributed by atoms with van der Waals surface area (Å²) in [5.41, 5.74) is 1.30. The van der Waals surface area contributed by atoms with Crippen molar-refractivity contribution < 1.29 is 9.18 Å². The Morgan fingerprint density at radius 1 is 1.22 bits per heavy atom. The molecular formula is C19H22FN5OS. The molecule has 2 unspecified atom stereocenters. The molecule has 3 aliphatic heterocycles. The van der Waals surface area contributed by atoms with Crippen LogP contribution in [0.15, 0.2) is 23.8 Å². The number of piperazine rings is 1. The number of nitrogens with zero attached hydrogens (tertiary/aromatic N) is 5. The second-order valence-electron chi connectivity index (χ2n) is 7.62. The van der Waals surface area contributed by atoms with Gasteiger partial charge in [-0.15, -0.1) is 11.3 Å². The number of carbonyl (C=O) groups is 1. The molecule has 27 heavy (non-hydrogen) atoms. The normalized spacial score (nSPS) is 24.9. The summed E-state index contributed by atoms with van der Waals surface area (Å²) in [5, 5.41) is 2.12. The van der Waals surface area contributed by atoms with Crippen LogP contribution in [0.3, 0.4) is 0 Å². The number of halogens is 1. The standard InChI is InChI=1S/C19H22FN5OS/c20-14-7-21-19(22-8-14)25-15-1-2-16(25)11-23(10-15)12-18(26)24-5-3-17-13(9-24)4-6-27-17/h4,6-8,15-16H,1-3,5,9-12H2. The predicted molar refractivity (Wildman–Crippen MR) is 101 cm³/mol. The van der Waals surface area contributed by atoms with E-state index in [2.05, 4.69) is 31.2 Å². The van der Waals surface area contributed by atoms with Gasteiger partial charge in [0.2, 0.25) is 11.9 Å². The van der Waals surface area contributed by atoms with Gasteiger partial charge < -0.3 is 9.80 Å². The topological polar surface area (TPSA) is 52.6 Å². The Bertz CT molecular complexity index is 827. The van der Waals surface area contributed by atoms with Crippen molar-refractivity contribution in [3.63, 3.8) is 0 Å². The third-order valence-corrected chi connectivity index (χ3v) is 6.94. The molecule has 0 N–H and O–H groups in total. The fourth-order valence-corrected chi connectivity index (χ4v) is 5.53. The van der Waals surface area contributed by atoms with Crippen LogP contribution in [0.4, 0.5) is 10.3 Å². The highest BCUT2D eigenvalue weighted by Gasteiger charge is 2.41. The van der Waals surface area contributed by atoms with E-state index in [1.165, 1.54) is 22.8 Å². The monoisotopic (exact) mass is 387 g/mol. The fourth-order valence-electron chi connectivity index (χ4n) is 4.64. The van der Waals surface area contributed by atoms with Crippen LogP contribution in [0.25, 0.3) is 0 Å². The van der Waals surface area contributed by atoms with Crippen molar-refractivity contribution in [2.24, 2.45) is 0 Å². The summed E-state index contributed by atoms with van der Waals surface area (Å²) >= 11 is 1.79.